The summed E-state index contributed by atoms with van der Waals surface area (Å²) in [4.78, 5) is 18.8. The first-order chi connectivity index (χ1) is 17.9. The van der Waals surface area contributed by atoms with Gasteiger partial charge in [0.2, 0.25) is 0 Å². The van der Waals surface area contributed by atoms with E-state index >= 15 is 0 Å². The Morgan fingerprint density at radius 3 is 2.86 bits per heavy atom. The zero-order valence-corrected chi connectivity index (χ0v) is 21.4. The molecular weight excluding hydrogens is 500 g/mol. The molecule has 1 aliphatic heterocycles. The second-order valence-corrected chi connectivity index (χ2v) is 10.4. The molecular formula is C27H31F2N3O4S. The van der Waals surface area contributed by atoms with Crippen molar-refractivity contribution in [3.63, 3.8) is 0 Å². The van der Waals surface area contributed by atoms with Gasteiger partial charge in [0.25, 0.3) is 0 Å². The summed E-state index contributed by atoms with van der Waals surface area (Å²) in [7, 11) is 1.59. The van der Waals surface area contributed by atoms with Crippen molar-refractivity contribution in [1.29, 1.82) is 0 Å². The normalized spacial score (nSPS) is 19.1. The fourth-order valence-electron chi connectivity index (χ4n) is 5.02. The zero-order valence-electron chi connectivity index (χ0n) is 20.6. The molecule has 0 aliphatic carbocycles. The van der Waals surface area contributed by atoms with Gasteiger partial charge in [-0.2, -0.15) is 5.48 Å². The molecule has 0 amide bonds. The van der Waals surface area contributed by atoms with E-state index in [1.807, 2.05) is 24.3 Å². The highest BCUT2D eigenvalue weighted by Gasteiger charge is 2.34. The second kappa shape index (κ2) is 12.6. The summed E-state index contributed by atoms with van der Waals surface area (Å²) in [5.41, 5.74) is 4.06. The first-order valence-electron chi connectivity index (χ1n) is 12.2. The van der Waals surface area contributed by atoms with E-state index < -0.39 is 23.5 Å². The molecule has 7 nitrogen and oxygen atoms in total. The summed E-state index contributed by atoms with van der Waals surface area (Å²) in [6.45, 7) is 1.72. The van der Waals surface area contributed by atoms with Crippen LogP contribution in [0.1, 0.15) is 30.9 Å². The highest BCUT2D eigenvalue weighted by Crippen LogP contribution is 2.34. The van der Waals surface area contributed by atoms with Crippen LogP contribution in [-0.4, -0.2) is 58.7 Å². The Bertz CT molecular complexity index is 1230. The van der Waals surface area contributed by atoms with E-state index in [-0.39, 0.29) is 16.9 Å². The fourth-order valence-corrected chi connectivity index (χ4v) is 5.99. The number of piperidine rings is 1. The number of nitrogens with one attached hydrogen (secondary N) is 1. The minimum atomic E-state index is -0.842. The van der Waals surface area contributed by atoms with E-state index in [4.69, 9.17) is 4.74 Å². The molecule has 1 aromatic heterocycles. The van der Waals surface area contributed by atoms with Crippen LogP contribution in [0.25, 0.3) is 10.9 Å². The largest absolute Gasteiger partial charge is 0.497 e. The Labute approximate surface area is 218 Å². The molecule has 3 atom stereocenters. The molecule has 1 fully saturated rings. The van der Waals surface area contributed by atoms with Crippen molar-refractivity contribution in [2.45, 2.75) is 30.2 Å². The molecule has 0 spiro atoms. The van der Waals surface area contributed by atoms with Crippen LogP contribution in [0, 0.1) is 23.5 Å². The molecule has 0 bridgehead atoms. The number of benzene rings is 2. The van der Waals surface area contributed by atoms with Crippen molar-refractivity contribution in [2.75, 3.05) is 32.5 Å². The standard InChI is InChI=1S/C27H31F2N3O4S/c1-36-19-4-7-24-21(15-19)20(8-10-30-24)25(31-35)6-2-17-9-11-32(16-22(17)27(33)34)12-13-37-26-14-18(28)3-5-23(26)29/h3-5,7-8,10,14-15,17,22,25,31,35H,2,6,9,11-13,16H2,1H3,(H,33,34)/t17-,22+,25-/m1/s1. The van der Waals surface area contributed by atoms with Gasteiger partial charge in [0.05, 0.1) is 24.6 Å². The molecule has 3 aromatic rings. The maximum absolute atomic E-state index is 13.9. The van der Waals surface area contributed by atoms with Crippen LogP contribution < -0.4 is 10.2 Å². The number of thioether (sulfide) groups is 1. The number of aromatic nitrogens is 1. The number of hydrogen-bond donors (Lipinski definition) is 3. The topological polar surface area (TPSA) is 94.9 Å². The smallest absolute Gasteiger partial charge is 0.308 e. The van der Waals surface area contributed by atoms with Gasteiger partial charge in [0.1, 0.15) is 17.4 Å². The van der Waals surface area contributed by atoms with Crippen molar-refractivity contribution >= 4 is 28.6 Å². The fraction of sp³-hybridized carbons (Fsp3) is 0.407. The Morgan fingerprint density at radius 2 is 2.11 bits per heavy atom. The Kier molecular flexibility index (Phi) is 9.31. The van der Waals surface area contributed by atoms with Gasteiger partial charge in [-0.25, -0.2) is 8.78 Å². The second-order valence-electron chi connectivity index (χ2n) is 9.26. The molecule has 4 rings (SSSR count). The number of likely N-dealkylation sites (tertiary alicyclic amines) is 1. The minimum Gasteiger partial charge on any atom is -0.497 e. The first-order valence-corrected chi connectivity index (χ1v) is 13.2. The summed E-state index contributed by atoms with van der Waals surface area (Å²) in [6, 6.07) is 10.4. The number of ether oxygens (including phenoxy) is 1. The van der Waals surface area contributed by atoms with Crippen LogP contribution in [0.4, 0.5) is 8.78 Å². The summed E-state index contributed by atoms with van der Waals surface area (Å²) in [5.74, 6) is -1.14. The molecule has 3 N–H and O–H groups in total. The Balaban J connectivity index is 1.36. The maximum atomic E-state index is 13.9. The molecule has 10 heteroatoms. The van der Waals surface area contributed by atoms with Crippen LogP contribution in [0.2, 0.25) is 0 Å². The number of carboxylic acids is 1. The van der Waals surface area contributed by atoms with Crippen LogP contribution >= 0.6 is 11.8 Å². The number of hydrogen-bond acceptors (Lipinski definition) is 7. The van der Waals surface area contributed by atoms with Gasteiger partial charge in [-0.1, -0.05) is 0 Å². The van der Waals surface area contributed by atoms with Gasteiger partial charge in [-0.15, -0.1) is 11.8 Å². The summed E-state index contributed by atoms with van der Waals surface area (Å²) in [5, 5.41) is 20.8. The van der Waals surface area contributed by atoms with E-state index in [1.165, 1.54) is 17.8 Å². The summed E-state index contributed by atoms with van der Waals surface area (Å²) >= 11 is 1.23. The number of methoxy groups -OCH3 is 1. The number of nitrogens with zero attached hydrogens (tertiary/aromatic N) is 2. The lowest BCUT2D eigenvalue weighted by molar-refractivity contribution is -0.146. The number of aliphatic carboxylic acids is 1. The average molecular weight is 532 g/mol. The lowest BCUT2D eigenvalue weighted by Crippen LogP contribution is -2.44. The van der Waals surface area contributed by atoms with Gasteiger partial charge in [-0.3, -0.25) is 9.78 Å². The molecule has 0 saturated carbocycles. The van der Waals surface area contributed by atoms with Gasteiger partial charge in [0, 0.05) is 35.3 Å². The van der Waals surface area contributed by atoms with Crippen molar-refractivity contribution in [1.82, 2.24) is 15.4 Å². The van der Waals surface area contributed by atoms with E-state index in [1.54, 1.807) is 13.3 Å². The van der Waals surface area contributed by atoms with Crippen molar-refractivity contribution in [3.8, 4) is 5.75 Å². The molecule has 2 aromatic carbocycles. The monoisotopic (exact) mass is 531 g/mol. The number of hydroxylamine groups is 1. The zero-order chi connectivity index (χ0) is 26.4. The average Bonchev–Trinajstić information content (AvgIpc) is 2.91. The lowest BCUT2D eigenvalue weighted by Gasteiger charge is -2.37. The van der Waals surface area contributed by atoms with Gasteiger partial charge in [0.15, 0.2) is 0 Å². The molecule has 0 unspecified atom stereocenters. The van der Waals surface area contributed by atoms with Crippen molar-refractivity contribution in [2.24, 2.45) is 11.8 Å². The van der Waals surface area contributed by atoms with Gasteiger partial charge < -0.3 is 20.0 Å². The number of carbonyl (C=O) groups is 1. The van der Waals surface area contributed by atoms with Gasteiger partial charge >= 0.3 is 5.97 Å². The highest BCUT2D eigenvalue weighted by atomic mass is 32.2. The number of pyridine rings is 1. The Morgan fingerprint density at radius 1 is 1.27 bits per heavy atom. The summed E-state index contributed by atoms with van der Waals surface area (Å²) < 4.78 is 32.6. The lowest BCUT2D eigenvalue weighted by atomic mass is 9.81. The predicted molar refractivity (Wildman–Crippen MR) is 138 cm³/mol. The summed E-state index contributed by atoms with van der Waals surface area (Å²) in [6.07, 6.45) is 3.58. The van der Waals surface area contributed by atoms with E-state index in [2.05, 4.69) is 15.4 Å². The van der Waals surface area contributed by atoms with E-state index in [0.717, 1.165) is 35.1 Å². The molecule has 37 heavy (non-hydrogen) atoms. The van der Waals surface area contributed by atoms with Crippen LogP contribution in [0.5, 0.6) is 5.75 Å². The first kappa shape index (κ1) is 27.3. The molecule has 1 aliphatic rings. The van der Waals surface area contributed by atoms with Gasteiger partial charge in [-0.05, 0) is 79.8 Å². The third kappa shape index (κ3) is 6.75. The number of fused-ring (bicyclic) bond motifs is 1. The predicted octanol–water partition coefficient (Wildman–Crippen LogP) is 5.14. The van der Waals surface area contributed by atoms with E-state index in [0.29, 0.717) is 43.9 Å². The maximum Gasteiger partial charge on any atom is 0.308 e. The molecule has 0 radical (unpaired) electrons. The van der Waals surface area contributed by atoms with Crippen LogP contribution in [-0.2, 0) is 4.79 Å². The number of carboxylic acid groups (broad SMARTS) is 1. The van der Waals surface area contributed by atoms with E-state index in [9.17, 15) is 23.9 Å². The quantitative estimate of drug-likeness (QED) is 0.231. The van der Waals surface area contributed by atoms with Crippen molar-refractivity contribution in [3.05, 3.63) is 65.9 Å². The molecule has 198 valence electrons. The minimum absolute atomic E-state index is 0.0412. The SMILES string of the molecule is COc1ccc2nccc([C@@H](CC[C@@H]3CCN(CCSc4cc(F)ccc4F)C[C@@H]3C(=O)O)NO)c2c1. The number of halogens is 2. The molecule has 2 heterocycles. The Hall–Kier alpha value is -2.79. The third-order valence-electron chi connectivity index (χ3n) is 7.06. The van der Waals surface area contributed by atoms with Crippen molar-refractivity contribution < 1.29 is 28.6 Å². The molecule has 1 saturated heterocycles. The third-order valence-corrected chi connectivity index (χ3v) is 8.07. The van der Waals surface area contributed by atoms with Crippen LogP contribution in [0.15, 0.2) is 53.6 Å². The van der Waals surface area contributed by atoms with Crippen LogP contribution in [0.3, 0.4) is 0 Å². The number of rotatable bonds is 11. The highest BCUT2D eigenvalue weighted by molar-refractivity contribution is 7.99.